The monoisotopic (exact) mass is 514 g/mol. The lowest BCUT2D eigenvalue weighted by Gasteiger charge is -2.33. The average Bonchev–Trinajstić information content (AvgIpc) is 3.66. The Morgan fingerprint density at radius 1 is 0.974 bits per heavy atom. The number of ether oxygens (including phenoxy) is 1. The smallest absolute Gasteiger partial charge is 0.222 e. The van der Waals surface area contributed by atoms with Gasteiger partial charge in [0.15, 0.2) is 0 Å². The number of nitrogens with zero attached hydrogens (tertiary/aromatic N) is 5. The molecule has 2 aromatic heterocycles. The van der Waals surface area contributed by atoms with Crippen LogP contribution >= 0.6 is 0 Å². The molecular formula is C30H38N6O2. The number of anilines is 3. The molecule has 3 aromatic rings. The van der Waals surface area contributed by atoms with Crippen LogP contribution in [-0.4, -0.2) is 58.0 Å². The normalized spacial score (nSPS) is 18.9. The minimum absolute atomic E-state index is 0.144. The maximum absolute atomic E-state index is 12.7. The molecule has 0 atom stereocenters. The van der Waals surface area contributed by atoms with Gasteiger partial charge in [-0.25, -0.2) is 15.0 Å². The number of hydrogen-bond acceptors (Lipinski definition) is 7. The Bertz CT molecular complexity index is 1280. The van der Waals surface area contributed by atoms with E-state index in [9.17, 15) is 4.79 Å². The third kappa shape index (κ3) is 5.54. The summed E-state index contributed by atoms with van der Waals surface area (Å²) in [6, 6.07) is 8.28. The highest BCUT2D eigenvalue weighted by molar-refractivity contribution is 5.92. The fraction of sp³-hybridized carbons (Fsp3) is 0.533. The maximum atomic E-state index is 12.7. The number of piperidine rings is 1. The molecule has 3 fully saturated rings. The first-order valence-corrected chi connectivity index (χ1v) is 14.3. The second kappa shape index (κ2) is 11.1. The first-order valence-electron chi connectivity index (χ1n) is 14.3. The molecule has 2 saturated heterocycles. The van der Waals surface area contributed by atoms with Crippen molar-refractivity contribution in [3.8, 4) is 5.75 Å². The van der Waals surface area contributed by atoms with Crippen LogP contribution in [0.15, 0.2) is 36.8 Å². The van der Waals surface area contributed by atoms with Gasteiger partial charge >= 0.3 is 0 Å². The van der Waals surface area contributed by atoms with Crippen molar-refractivity contribution < 1.29 is 9.53 Å². The first-order chi connectivity index (χ1) is 18.6. The molecule has 1 amide bonds. The topological polar surface area (TPSA) is 83.5 Å². The third-order valence-corrected chi connectivity index (χ3v) is 8.40. The Labute approximate surface area is 224 Å². The highest BCUT2D eigenvalue weighted by Gasteiger charge is 2.27. The van der Waals surface area contributed by atoms with Gasteiger partial charge < -0.3 is 19.9 Å². The Kier molecular flexibility index (Phi) is 7.29. The molecule has 1 aliphatic carbocycles. The number of rotatable bonds is 7. The van der Waals surface area contributed by atoms with Crippen LogP contribution in [0, 0.1) is 12.8 Å². The molecule has 0 spiro atoms. The standard InChI is InChI=1S/C30H38N6O2/c1-21-16-23(34-30-25-18-28(35-12-4-5-13-35)31-19-26(25)32-20-33-30)8-9-27(21)38-24-10-14-36(15-11-24)29(37)17-22-6-2-3-7-22/h8-9,16,18-20,22,24H,2-7,10-15,17H2,1H3,(H,32,33,34). The molecule has 0 unspecified atom stereocenters. The number of benzene rings is 1. The first kappa shape index (κ1) is 24.9. The summed E-state index contributed by atoms with van der Waals surface area (Å²) in [7, 11) is 0. The van der Waals surface area contributed by atoms with Crippen molar-refractivity contribution >= 4 is 34.1 Å². The highest BCUT2D eigenvalue weighted by Crippen LogP contribution is 2.31. The zero-order valence-corrected chi connectivity index (χ0v) is 22.4. The van der Waals surface area contributed by atoms with E-state index in [2.05, 4.69) is 49.1 Å². The van der Waals surface area contributed by atoms with Crippen molar-refractivity contribution in [3.63, 3.8) is 0 Å². The van der Waals surface area contributed by atoms with Crippen molar-refractivity contribution in [1.82, 2.24) is 19.9 Å². The van der Waals surface area contributed by atoms with Crippen LogP contribution in [0.25, 0.3) is 10.9 Å². The van der Waals surface area contributed by atoms with E-state index in [0.29, 0.717) is 11.8 Å². The molecule has 8 heteroatoms. The summed E-state index contributed by atoms with van der Waals surface area (Å²) in [5.74, 6) is 3.61. The van der Waals surface area contributed by atoms with Crippen LogP contribution in [-0.2, 0) is 4.79 Å². The molecular weight excluding hydrogens is 476 g/mol. The number of amides is 1. The molecule has 1 N–H and O–H groups in total. The molecule has 8 nitrogen and oxygen atoms in total. The zero-order chi connectivity index (χ0) is 25.9. The second-order valence-electron chi connectivity index (χ2n) is 11.1. The molecule has 200 valence electrons. The second-order valence-corrected chi connectivity index (χ2v) is 11.1. The van der Waals surface area contributed by atoms with E-state index in [4.69, 9.17) is 4.74 Å². The van der Waals surface area contributed by atoms with Gasteiger partial charge in [0.05, 0.1) is 11.7 Å². The van der Waals surface area contributed by atoms with Crippen molar-refractivity contribution in [2.45, 2.75) is 70.8 Å². The Morgan fingerprint density at radius 3 is 2.53 bits per heavy atom. The number of likely N-dealkylation sites (tertiary alicyclic amines) is 1. The van der Waals surface area contributed by atoms with Gasteiger partial charge in [-0.3, -0.25) is 4.79 Å². The minimum Gasteiger partial charge on any atom is -0.490 e. The van der Waals surface area contributed by atoms with Gasteiger partial charge in [0.1, 0.15) is 29.8 Å². The Balaban J connectivity index is 1.08. The summed E-state index contributed by atoms with van der Waals surface area (Å²) in [5.41, 5.74) is 2.87. The summed E-state index contributed by atoms with van der Waals surface area (Å²) in [6.45, 7) is 5.76. The molecule has 1 saturated carbocycles. The largest absolute Gasteiger partial charge is 0.490 e. The molecule has 0 radical (unpaired) electrons. The third-order valence-electron chi connectivity index (χ3n) is 8.40. The van der Waals surface area contributed by atoms with E-state index >= 15 is 0 Å². The van der Waals surface area contributed by atoms with Crippen molar-refractivity contribution in [1.29, 1.82) is 0 Å². The SMILES string of the molecule is Cc1cc(Nc2ncnc3cnc(N4CCCC4)cc23)ccc1OC1CCN(C(=O)CC2CCCC2)CC1. The number of carbonyl (C=O) groups excluding carboxylic acids is 1. The number of aromatic nitrogens is 3. The van der Waals surface area contributed by atoms with Gasteiger partial charge in [-0.2, -0.15) is 0 Å². The van der Waals surface area contributed by atoms with Crippen LogP contribution in [0.5, 0.6) is 5.75 Å². The van der Waals surface area contributed by atoms with Crippen LogP contribution in [0.4, 0.5) is 17.3 Å². The van der Waals surface area contributed by atoms with Crippen molar-refractivity contribution in [2.24, 2.45) is 5.92 Å². The fourth-order valence-electron chi connectivity index (χ4n) is 6.16. The minimum atomic E-state index is 0.144. The zero-order valence-electron chi connectivity index (χ0n) is 22.4. The van der Waals surface area contributed by atoms with Crippen LogP contribution in [0.2, 0.25) is 0 Å². The summed E-state index contributed by atoms with van der Waals surface area (Å²) < 4.78 is 6.39. The summed E-state index contributed by atoms with van der Waals surface area (Å²) in [6.07, 6.45) is 13.5. The molecule has 0 bridgehead atoms. The molecule has 3 aliphatic rings. The van der Waals surface area contributed by atoms with Gasteiger partial charge in [-0.05, 0) is 68.4 Å². The number of nitrogens with one attached hydrogen (secondary N) is 1. The summed E-state index contributed by atoms with van der Waals surface area (Å²) >= 11 is 0. The number of fused-ring (bicyclic) bond motifs is 1. The van der Waals surface area contributed by atoms with Gasteiger partial charge in [0.25, 0.3) is 0 Å². The maximum Gasteiger partial charge on any atom is 0.222 e. The molecule has 6 rings (SSSR count). The van der Waals surface area contributed by atoms with Gasteiger partial charge in [0.2, 0.25) is 5.91 Å². The van der Waals surface area contributed by atoms with Crippen LogP contribution in [0.1, 0.15) is 63.4 Å². The predicted molar refractivity (Wildman–Crippen MR) is 150 cm³/mol. The van der Waals surface area contributed by atoms with Gasteiger partial charge in [-0.15, -0.1) is 0 Å². The van der Waals surface area contributed by atoms with E-state index in [1.54, 1.807) is 6.33 Å². The number of pyridine rings is 1. The summed E-state index contributed by atoms with van der Waals surface area (Å²) in [4.78, 5) is 30.6. The lowest BCUT2D eigenvalue weighted by molar-refractivity contribution is -0.134. The van der Waals surface area contributed by atoms with Crippen LogP contribution < -0.4 is 15.0 Å². The Morgan fingerprint density at radius 2 is 1.76 bits per heavy atom. The van der Waals surface area contributed by atoms with E-state index in [1.807, 2.05) is 18.3 Å². The van der Waals surface area contributed by atoms with Crippen molar-refractivity contribution in [3.05, 3.63) is 42.4 Å². The van der Waals surface area contributed by atoms with E-state index in [-0.39, 0.29) is 6.10 Å². The highest BCUT2D eigenvalue weighted by atomic mass is 16.5. The van der Waals surface area contributed by atoms with E-state index < -0.39 is 0 Å². The molecule has 4 heterocycles. The quantitative estimate of drug-likeness (QED) is 0.438. The number of aryl methyl sites for hydroxylation is 1. The predicted octanol–water partition coefficient (Wildman–Crippen LogP) is 5.63. The van der Waals surface area contributed by atoms with E-state index in [1.165, 1.54) is 38.5 Å². The fourth-order valence-corrected chi connectivity index (χ4v) is 6.16. The lowest BCUT2D eigenvalue weighted by Crippen LogP contribution is -2.42. The van der Waals surface area contributed by atoms with Crippen LogP contribution in [0.3, 0.4) is 0 Å². The number of hydrogen-bond donors (Lipinski definition) is 1. The summed E-state index contributed by atoms with van der Waals surface area (Å²) in [5, 5.41) is 4.46. The van der Waals surface area contributed by atoms with Gasteiger partial charge in [-0.1, -0.05) is 12.8 Å². The van der Waals surface area contributed by atoms with E-state index in [0.717, 1.165) is 85.0 Å². The Hall–Kier alpha value is -3.42. The van der Waals surface area contributed by atoms with Crippen molar-refractivity contribution in [2.75, 3.05) is 36.4 Å². The number of carbonyl (C=O) groups is 1. The van der Waals surface area contributed by atoms with Gasteiger partial charge in [0, 0.05) is 56.5 Å². The molecule has 2 aliphatic heterocycles. The average molecular weight is 515 g/mol. The molecule has 1 aromatic carbocycles. The molecule has 38 heavy (non-hydrogen) atoms. The lowest BCUT2D eigenvalue weighted by atomic mass is 10.0.